The summed E-state index contributed by atoms with van der Waals surface area (Å²) >= 11 is 9.54. The number of aliphatic hydroxyl groups is 2. The van der Waals surface area contributed by atoms with Crippen molar-refractivity contribution < 1.29 is 19.4 Å². The normalized spacial score (nSPS) is 12.5. The Bertz CT molecular complexity index is 969. The fraction of sp³-hybridized carbons (Fsp3) is 0.235. The van der Waals surface area contributed by atoms with Gasteiger partial charge >= 0.3 is 0 Å². The van der Waals surface area contributed by atoms with Crippen molar-refractivity contribution in [2.24, 2.45) is 7.05 Å². The first-order chi connectivity index (χ1) is 12.9. The van der Waals surface area contributed by atoms with Crippen molar-refractivity contribution in [1.82, 2.24) is 15.0 Å². The van der Waals surface area contributed by atoms with Crippen molar-refractivity contribution in [3.05, 3.63) is 51.5 Å². The highest BCUT2D eigenvalue weighted by atomic mass is 79.9. The van der Waals surface area contributed by atoms with E-state index in [2.05, 4.69) is 31.7 Å². The van der Waals surface area contributed by atoms with Gasteiger partial charge in [-0.2, -0.15) is 5.48 Å². The minimum absolute atomic E-state index is 0.0121. The summed E-state index contributed by atoms with van der Waals surface area (Å²) in [5.41, 5.74) is 3.69. The second-order valence-electron chi connectivity index (χ2n) is 5.72. The Labute approximate surface area is 167 Å². The molecule has 0 amide bonds. The highest BCUT2D eigenvalue weighted by Gasteiger charge is 2.22. The van der Waals surface area contributed by atoms with Gasteiger partial charge in [0.1, 0.15) is 5.52 Å². The molecule has 0 saturated heterocycles. The maximum Gasteiger partial charge on any atom is 0.174 e. The molecule has 0 bridgehead atoms. The molecule has 0 aliphatic heterocycles. The molecule has 4 N–H and O–H groups in total. The van der Waals surface area contributed by atoms with Gasteiger partial charge < -0.3 is 20.1 Å². The summed E-state index contributed by atoms with van der Waals surface area (Å²) in [4.78, 5) is 9.03. The zero-order valence-corrected chi connectivity index (χ0v) is 16.6. The average Bonchev–Trinajstić information content (AvgIpc) is 3.00. The first-order valence-corrected chi connectivity index (χ1v) is 9.11. The minimum atomic E-state index is -1.36. The van der Waals surface area contributed by atoms with Crippen LogP contribution < -0.4 is 10.8 Å². The van der Waals surface area contributed by atoms with Gasteiger partial charge in [-0.25, -0.2) is 9.37 Å². The third-order valence-electron chi connectivity index (χ3n) is 3.86. The van der Waals surface area contributed by atoms with Crippen LogP contribution >= 0.6 is 27.5 Å². The zero-order valence-electron chi connectivity index (χ0n) is 14.2. The van der Waals surface area contributed by atoms with E-state index in [1.807, 2.05) is 0 Å². The van der Waals surface area contributed by atoms with Gasteiger partial charge in [0.25, 0.3) is 0 Å². The molecule has 0 radical (unpaired) electrons. The molecule has 2 aromatic carbocycles. The van der Waals surface area contributed by atoms with Crippen LogP contribution in [0.5, 0.6) is 0 Å². The SMILES string of the molecule is Cn1cnc2c(F)c(Nc3ccc(Br)cc3Cl)c(C(O)NOCCO)cc21. The molecule has 0 spiro atoms. The Morgan fingerprint density at radius 2 is 2.19 bits per heavy atom. The summed E-state index contributed by atoms with van der Waals surface area (Å²) in [6.45, 7) is -0.261. The standard InChI is InChI=1S/C17H17BrClFN4O3/c1-24-8-21-16-13(24)7-10(17(26)23-27-5-4-25)15(14(16)20)22-12-3-2-9(18)6-11(12)19/h2-3,6-8,17,22-23,25-26H,4-5H2,1H3. The van der Waals surface area contributed by atoms with Gasteiger partial charge in [-0.1, -0.05) is 27.5 Å². The summed E-state index contributed by atoms with van der Waals surface area (Å²) in [6.07, 6.45) is 0.123. The van der Waals surface area contributed by atoms with Gasteiger partial charge in [0, 0.05) is 17.1 Å². The van der Waals surface area contributed by atoms with E-state index in [0.29, 0.717) is 16.2 Å². The van der Waals surface area contributed by atoms with Gasteiger partial charge in [0.2, 0.25) is 0 Å². The third kappa shape index (κ3) is 4.23. The molecule has 3 rings (SSSR count). The smallest absolute Gasteiger partial charge is 0.174 e. The lowest BCUT2D eigenvalue weighted by atomic mass is 10.1. The maximum absolute atomic E-state index is 15.2. The number of nitrogens with zero attached hydrogens (tertiary/aromatic N) is 2. The molecule has 1 aromatic heterocycles. The molecule has 1 heterocycles. The number of hydrogen-bond donors (Lipinski definition) is 4. The highest BCUT2D eigenvalue weighted by molar-refractivity contribution is 9.10. The Hall–Kier alpha value is -1.75. The van der Waals surface area contributed by atoms with Gasteiger partial charge in [-0.05, 0) is 24.3 Å². The van der Waals surface area contributed by atoms with Crippen molar-refractivity contribution in [3.8, 4) is 0 Å². The van der Waals surface area contributed by atoms with E-state index in [4.69, 9.17) is 21.5 Å². The number of fused-ring (bicyclic) bond motifs is 1. The summed E-state index contributed by atoms with van der Waals surface area (Å²) in [5, 5.41) is 22.5. The number of nitrogens with one attached hydrogen (secondary N) is 2. The van der Waals surface area contributed by atoms with E-state index in [9.17, 15) is 5.11 Å². The fourth-order valence-corrected chi connectivity index (χ4v) is 3.28. The van der Waals surface area contributed by atoms with Crippen LogP contribution in [-0.4, -0.2) is 33.0 Å². The first-order valence-electron chi connectivity index (χ1n) is 7.94. The molecular formula is C17H17BrClFN4O3. The number of rotatable bonds is 7. The van der Waals surface area contributed by atoms with E-state index in [0.717, 1.165) is 4.47 Å². The molecule has 10 heteroatoms. The summed E-state index contributed by atoms with van der Waals surface area (Å²) in [7, 11) is 1.72. The summed E-state index contributed by atoms with van der Waals surface area (Å²) in [5.74, 6) is -0.634. The first kappa shape index (κ1) is 20.0. The van der Waals surface area contributed by atoms with Crippen molar-refractivity contribution in [3.63, 3.8) is 0 Å². The fourth-order valence-electron chi connectivity index (χ4n) is 2.56. The number of hydrogen-bond acceptors (Lipinski definition) is 6. The number of imidazole rings is 1. The second kappa shape index (κ2) is 8.51. The molecule has 7 nitrogen and oxygen atoms in total. The van der Waals surface area contributed by atoms with Gasteiger partial charge in [0.15, 0.2) is 12.0 Å². The summed E-state index contributed by atoms with van der Waals surface area (Å²) < 4.78 is 17.6. The average molecular weight is 460 g/mol. The number of halogens is 3. The highest BCUT2D eigenvalue weighted by Crippen LogP contribution is 2.36. The molecule has 0 aliphatic carbocycles. The van der Waals surface area contributed by atoms with Crippen LogP contribution in [0.15, 0.2) is 35.1 Å². The van der Waals surface area contributed by atoms with Crippen molar-refractivity contribution in [2.75, 3.05) is 18.5 Å². The Kier molecular flexibility index (Phi) is 6.30. The lowest BCUT2D eigenvalue weighted by molar-refractivity contribution is -0.0674. The summed E-state index contributed by atoms with van der Waals surface area (Å²) in [6, 6.07) is 6.70. The van der Waals surface area contributed by atoms with Crippen molar-refractivity contribution in [2.45, 2.75) is 6.23 Å². The molecule has 144 valence electrons. The van der Waals surface area contributed by atoms with E-state index in [1.165, 1.54) is 6.33 Å². The largest absolute Gasteiger partial charge is 0.394 e. The molecule has 1 atom stereocenters. The number of aliphatic hydroxyl groups excluding tert-OH is 2. The van der Waals surface area contributed by atoms with Crippen LogP contribution in [0.3, 0.4) is 0 Å². The van der Waals surface area contributed by atoms with Crippen LogP contribution in [0.4, 0.5) is 15.8 Å². The molecule has 3 aromatic rings. The van der Waals surface area contributed by atoms with Gasteiger partial charge in [-0.15, -0.1) is 0 Å². The Morgan fingerprint density at radius 3 is 2.89 bits per heavy atom. The predicted octanol–water partition coefficient (Wildman–Crippen LogP) is 3.38. The Morgan fingerprint density at radius 1 is 1.41 bits per heavy atom. The van der Waals surface area contributed by atoms with Gasteiger partial charge in [-0.3, -0.25) is 4.84 Å². The maximum atomic E-state index is 15.2. The van der Waals surface area contributed by atoms with Crippen LogP contribution in [-0.2, 0) is 11.9 Å². The van der Waals surface area contributed by atoms with Crippen LogP contribution in [0.2, 0.25) is 5.02 Å². The lowest BCUT2D eigenvalue weighted by Crippen LogP contribution is -2.24. The van der Waals surface area contributed by atoms with E-state index in [-0.39, 0.29) is 30.0 Å². The molecule has 0 aliphatic rings. The zero-order chi connectivity index (χ0) is 19.6. The van der Waals surface area contributed by atoms with E-state index >= 15 is 4.39 Å². The van der Waals surface area contributed by atoms with Crippen LogP contribution in [0.25, 0.3) is 11.0 Å². The molecule has 27 heavy (non-hydrogen) atoms. The number of benzene rings is 2. The van der Waals surface area contributed by atoms with Crippen molar-refractivity contribution >= 4 is 49.9 Å². The second-order valence-corrected chi connectivity index (χ2v) is 7.04. The third-order valence-corrected chi connectivity index (χ3v) is 4.67. The topological polar surface area (TPSA) is 91.6 Å². The molecular weight excluding hydrogens is 443 g/mol. The predicted molar refractivity (Wildman–Crippen MR) is 104 cm³/mol. The lowest BCUT2D eigenvalue weighted by Gasteiger charge is -2.19. The van der Waals surface area contributed by atoms with Crippen LogP contribution in [0, 0.1) is 5.82 Å². The number of aryl methyl sites for hydroxylation is 1. The van der Waals surface area contributed by atoms with Gasteiger partial charge in [0.05, 0.1) is 41.5 Å². The Balaban J connectivity index is 2.07. The van der Waals surface area contributed by atoms with Crippen molar-refractivity contribution in [1.29, 1.82) is 0 Å². The molecule has 1 unspecified atom stereocenters. The molecule has 0 fully saturated rings. The number of anilines is 2. The number of hydroxylamine groups is 1. The van der Waals surface area contributed by atoms with Crippen LogP contribution in [0.1, 0.15) is 11.8 Å². The monoisotopic (exact) mass is 458 g/mol. The minimum Gasteiger partial charge on any atom is -0.394 e. The quantitative estimate of drug-likeness (QED) is 0.246. The molecule has 0 saturated carbocycles. The number of aromatic nitrogens is 2. The van der Waals surface area contributed by atoms with E-state index in [1.54, 1.807) is 35.9 Å². The van der Waals surface area contributed by atoms with E-state index < -0.39 is 12.0 Å².